The molecule has 0 aliphatic carbocycles. The molecule has 18 heavy (non-hydrogen) atoms. The summed E-state index contributed by atoms with van der Waals surface area (Å²) in [6, 6.07) is 15.1. The number of aromatic nitrogens is 1. The molecule has 0 aliphatic heterocycles. The van der Waals surface area contributed by atoms with Crippen LogP contribution >= 0.6 is 0 Å². The monoisotopic (exact) mass is 239 g/mol. The molecule has 2 rings (SSSR count). The topological polar surface area (TPSA) is 12.9 Å². The van der Waals surface area contributed by atoms with Gasteiger partial charge in [0.05, 0.1) is 0 Å². The fourth-order valence-electron chi connectivity index (χ4n) is 2.31. The summed E-state index contributed by atoms with van der Waals surface area (Å²) in [6.07, 6.45) is 6.23. The Morgan fingerprint density at radius 2 is 1.44 bits per heavy atom. The molecule has 0 bridgehead atoms. The molecule has 2 aromatic rings. The molecule has 0 radical (unpaired) electrons. The van der Waals surface area contributed by atoms with Crippen LogP contribution in [0.2, 0.25) is 0 Å². The molecule has 1 unspecified atom stereocenters. The summed E-state index contributed by atoms with van der Waals surface area (Å²) in [7, 11) is 0. The number of hydrogen-bond donors (Lipinski definition) is 0. The van der Waals surface area contributed by atoms with Crippen LogP contribution in [0.25, 0.3) is 0 Å². The average Bonchev–Trinajstić information content (AvgIpc) is 2.41. The summed E-state index contributed by atoms with van der Waals surface area (Å²) in [6.45, 7) is 4.57. The first-order chi connectivity index (χ1) is 8.77. The van der Waals surface area contributed by atoms with Gasteiger partial charge in [-0.2, -0.15) is 0 Å². The third-order valence-electron chi connectivity index (χ3n) is 3.34. The van der Waals surface area contributed by atoms with Gasteiger partial charge in [-0.3, -0.25) is 4.98 Å². The Morgan fingerprint density at radius 1 is 0.833 bits per heavy atom. The van der Waals surface area contributed by atoms with Gasteiger partial charge >= 0.3 is 0 Å². The summed E-state index contributed by atoms with van der Waals surface area (Å²) in [5.41, 5.74) is 2.78. The van der Waals surface area contributed by atoms with E-state index in [4.69, 9.17) is 0 Å². The normalized spacial score (nSPS) is 12.6. The van der Waals surface area contributed by atoms with Crippen molar-refractivity contribution in [2.75, 3.05) is 0 Å². The zero-order valence-corrected chi connectivity index (χ0v) is 11.2. The second-order valence-corrected chi connectivity index (χ2v) is 5.22. The highest BCUT2D eigenvalue weighted by molar-refractivity contribution is 5.30. The predicted molar refractivity (Wildman–Crippen MR) is 76.6 cm³/mol. The van der Waals surface area contributed by atoms with Gasteiger partial charge < -0.3 is 0 Å². The highest BCUT2D eigenvalue weighted by Crippen LogP contribution is 2.29. The van der Waals surface area contributed by atoms with E-state index in [9.17, 15) is 0 Å². The van der Waals surface area contributed by atoms with Gasteiger partial charge in [-0.25, -0.2) is 0 Å². The van der Waals surface area contributed by atoms with E-state index in [0.29, 0.717) is 5.92 Å². The van der Waals surface area contributed by atoms with Crippen LogP contribution in [0.4, 0.5) is 0 Å². The lowest BCUT2D eigenvalue weighted by Gasteiger charge is -2.19. The van der Waals surface area contributed by atoms with E-state index >= 15 is 0 Å². The highest BCUT2D eigenvalue weighted by atomic mass is 14.6. The van der Waals surface area contributed by atoms with Crippen molar-refractivity contribution in [3.63, 3.8) is 0 Å². The van der Waals surface area contributed by atoms with Crippen molar-refractivity contribution < 1.29 is 0 Å². The molecule has 94 valence electrons. The molecule has 1 aromatic heterocycles. The summed E-state index contributed by atoms with van der Waals surface area (Å²) in [5.74, 6) is 1.25. The molecule has 0 spiro atoms. The van der Waals surface area contributed by atoms with Gasteiger partial charge in [-0.15, -0.1) is 0 Å². The predicted octanol–water partition coefficient (Wildman–Crippen LogP) is 4.65. The second kappa shape index (κ2) is 6.34. The van der Waals surface area contributed by atoms with Crippen LogP contribution in [0, 0.1) is 5.92 Å². The Hall–Kier alpha value is -1.63. The van der Waals surface area contributed by atoms with Gasteiger partial charge in [0.25, 0.3) is 0 Å². The lowest BCUT2D eigenvalue weighted by atomic mass is 9.86. The molecule has 0 aliphatic rings. The van der Waals surface area contributed by atoms with Crippen molar-refractivity contribution in [2.24, 2.45) is 5.92 Å². The van der Waals surface area contributed by atoms with E-state index in [1.807, 2.05) is 12.4 Å². The van der Waals surface area contributed by atoms with Gasteiger partial charge in [-0.1, -0.05) is 50.6 Å². The highest BCUT2D eigenvalue weighted by Gasteiger charge is 2.14. The molecular formula is C17H21N. The molecule has 0 saturated carbocycles. The van der Waals surface area contributed by atoms with Gasteiger partial charge in [0, 0.05) is 18.3 Å². The summed E-state index contributed by atoms with van der Waals surface area (Å²) in [4.78, 5) is 4.12. The van der Waals surface area contributed by atoms with E-state index < -0.39 is 0 Å². The first-order valence-electron chi connectivity index (χ1n) is 6.72. The van der Waals surface area contributed by atoms with E-state index in [-0.39, 0.29) is 0 Å². The smallest absolute Gasteiger partial charge is 0.0270 e. The lowest BCUT2D eigenvalue weighted by molar-refractivity contribution is 0.529. The zero-order chi connectivity index (χ0) is 12.8. The van der Waals surface area contributed by atoms with Gasteiger partial charge in [-0.05, 0) is 35.6 Å². The fourth-order valence-corrected chi connectivity index (χ4v) is 2.31. The Kier molecular flexibility index (Phi) is 4.52. The van der Waals surface area contributed by atoms with Crippen LogP contribution in [0.5, 0.6) is 0 Å². The Morgan fingerprint density at radius 3 is 2.06 bits per heavy atom. The van der Waals surface area contributed by atoms with Crippen LogP contribution in [0.3, 0.4) is 0 Å². The fraction of sp³-hybridized carbons (Fsp3) is 0.353. The number of benzene rings is 1. The van der Waals surface area contributed by atoms with Crippen molar-refractivity contribution in [3.8, 4) is 0 Å². The summed E-state index contributed by atoms with van der Waals surface area (Å²) >= 11 is 0. The minimum absolute atomic E-state index is 0.497. The molecular weight excluding hydrogens is 218 g/mol. The largest absolute Gasteiger partial charge is 0.265 e. The Labute approximate surface area is 110 Å². The molecule has 1 nitrogen and oxygen atoms in total. The standard InChI is InChI=1S/C17H21N/c1-14(2)8-9-17(15-6-4-3-5-7-15)16-10-12-18-13-11-16/h3-7,10-14,17H,8-9H2,1-2H3. The van der Waals surface area contributed by atoms with Crippen molar-refractivity contribution in [1.82, 2.24) is 4.98 Å². The average molecular weight is 239 g/mol. The maximum Gasteiger partial charge on any atom is 0.0270 e. The maximum atomic E-state index is 4.12. The van der Waals surface area contributed by atoms with E-state index in [0.717, 1.165) is 5.92 Å². The number of nitrogens with zero attached hydrogens (tertiary/aromatic N) is 1. The minimum atomic E-state index is 0.497. The van der Waals surface area contributed by atoms with E-state index in [2.05, 4.69) is 61.3 Å². The minimum Gasteiger partial charge on any atom is -0.265 e. The third-order valence-corrected chi connectivity index (χ3v) is 3.34. The van der Waals surface area contributed by atoms with Crippen molar-refractivity contribution in [1.29, 1.82) is 0 Å². The second-order valence-electron chi connectivity index (χ2n) is 5.22. The molecule has 1 heterocycles. The molecule has 1 heteroatoms. The molecule has 0 fully saturated rings. The number of rotatable bonds is 5. The molecule has 1 aromatic carbocycles. The molecule has 0 amide bonds. The molecule has 1 atom stereocenters. The number of pyridine rings is 1. The maximum absolute atomic E-state index is 4.12. The first-order valence-corrected chi connectivity index (χ1v) is 6.72. The molecule has 0 N–H and O–H groups in total. The van der Waals surface area contributed by atoms with Crippen molar-refractivity contribution in [2.45, 2.75) is 32.6 Å². The van der Waals surface area contributed by atoms with Crippen LogP contribution in [0.1, 0.15) is 43.7 Å². The summed E-state index contributed by atoms with van der Waals surface area (Å²) < 4.78 is 0. The van der Waals surface area contributed by atoms with Crippen LogP contribution in [-0.4, -0.2) is 4.98 Å². The van der Waals surface area contributed by atoms with Crippen molar-refractivity contribution >= 4 is 0 Å². The van der Waals surface area contributed by atoms with Gasteiger partial charge in [0.1, 0.15) is 0 Å². The van der Waals surface area contributed by atoms with Crippen molar-refractivity contribution in [3.05, 3.63) is 66.0 Å². The van der Waals surface area contributed by atoms with E-state index in [1.54, 1.807) is 0 Å². The zero-order valence-electron chi connectivity index (χ0n) is 11.2. The van der Waals surface area contributed by atoms with Gasteiger partial charge in [0.2, 0.25) is 0 Å². The number of hydrogen-bond acceptors (Lipinski definition) is 1. The van der Waals surface area contributed by atoms with Crippen LogP contribution in [-0.2, 0) is 0 Å². The quantitative estimate of drug-likeness (QED) is 0.740. The SMILES string of the molecule is CC(C)CCC(c1ccccc1)c1ccncc1. The van der Waals surface area contributed by atoms with E-state index in [1.165, 1.54) is 24.0 Å². The van der Waals surface area contributed by atoms with Gasteiger partial charge in [0.15, 0.2) is 0 Å². The molecule has 0 saturated heterocycles. The third kappa shape index (κ3) is 3.43. The van der Waals surface area contributed by atoms with Crippen LogP contribution < -0.4 is 0 Å². The van der Waals surface area contributed by atoms with Crippen LogP contribution in [0.15, 0.2) is 54.9 Å². The first kappa shape index (κ1) is 12.8. The summed E-state index contributed by atoms with van der Waals surface area (Å²) in [5, 5.41) is 0. The lowest BCUT2D eigenvalue weighted by Crippen LogP contribution is -2.03. The Bertz CT molecular complexity index is 408. The Balaban J connectivity index is 2.24.